The van der Waals surface area contributed by atoms with E-state index in [2.05, 4.69) is 15.9 Å². The predicted octanol–water partition coefficient (Wildman–Crippen LogP) is 5.09. The molecule has 0 unspecified atom stereocenters. The summed E-state index contributed by atoms with van der Waals surface area (Å²) >= 11 is 16.6. The Morgan fingerprint density at radius 3 is 2.63 bits per heavy atom. The van der Waals surface area contributed by atoms with Gasteiger partial charge in [0, 0.05) is 27.0 Å². The number of amides is 1. The summed E-state index contributed by atoms with van der Waals surface area (Å²) in [4.78, 5) is 15.0. The maximum absolute atomic E-state index is 12.3. The third-order valence-corrected chi connectivity index (χ3v) is 4.37. The number of nitrogens with zero attached hydrogens (tertiary/aromatic N) is 1. The maximum Gasteiger partial charge on any atom is 0.254 e. The summed E-state index contributed by atoms with van der Waals surface area (Å²) in [7, 11) is 1.75. The molecule has 0 spiro atoms. The predicted molar refractivity (Wildman–Crippen MR) is 84.3 cm³/mol. The van der Waals surface area contributed by atoms with Gasteiger partial charge in [0.1, 0.15) is 0 Å². The van der Waals surface area contributed by atoms with E-state index in [9.17, 15) is 4.79 Å². The van der Waals surface area contributed by atoms with Crippen molar-refractivity contribution in [3.8, 4) is 0 Å². The first kappa shape index (κ1) is 14.9. The minimum atomic E-state index is -0.0762. The van der Waals surface area contributed by atoms with E-state index in [-0.39, 0.29) is 5.91 Å². The first-order chi connectivity index (χ1) is 8.95. The van der Waals surface area contributed by atoms with Crippen molar-refractivity contribution in [3.05, 3.63) is 54.6 Å². The van der Waals surface area contributed by atoms with Gasteiger partial charge in [-0.25, -0.2) is 0 Å². The molecule has 100 valence electrons. The van der Waals surface area contributed by atoms with Crippen molar-refractivity contribution in [2.45, 2.75) is 6.54 Å². The second kappa shape index (κ2) is 6.27. The first-order valence-corrected chi connectivity index (χ1v) is 7.78. The summed E-state index contributed by atoms with van der Waals surface area (Å²) in [6, 6.07) is 8.91. The molecular weight excluding hydrogens is 369 g/mol. The normalized spacial score (nSPS) is 10.5. The highest BCUT2D eigenvalue weighted by Gasteiger charge is 2.14. The molecule has 6 heteroatoms. The van der Waals surface area contributed by atoms with Crippen molar-refractivity contribution < 1.29 is 4.79 Å². The van der Waals surface area contributed by atoms with Crippen molar-refractivity contribution in [1.82, 2.24) is 4.90 Å². The summed E-state index contributed by atoms with van der Waals surface area (Å²) in [5, 5.41) is 0.533. The molecule has 1 heterocycles. The molecule has 0 atom stereocenters. The molecule has 0 radical (unpaired) electrons. The smallest absolute Gasteiger partial charge is 0.254 e. The lowest BCUT2D eigenvalue weighted by atomic mass is 10.2. The molecule has 0 saturated heterocycles. The molecule has 0 fully saturated rings. The molecule has 2 aromatic rings. The zero-order valence-corrected chi connectivity index (χ0v) is 13.9. The van der Waals surface area contributed by atoms with Crippen molar-refractivity contribution in [2.24, 2.45) is 0 Å². The number of hydrogen-bond acceptors (Lipinski definition) is 2. The third-order valence-electron chi connectivity index (χ3n) is 2.48. The van der Waals surface area contributed by atoms with Gasteiger partial charge in [-0.15, -0.1) is 11.3 Å². The molecule has 1 amide bonds. The van der Waals surface area contributed by atoms with E-state index >= 15 is 0 Å². The van der Waals surface area contributed by atoms with E-state index in [0.29, 0.717) is 17.1 Å². The van der Waals surface area contributed by atoms with E-state index in [4.69, 9.17) is 23.2 Å². The van der Waals surface area contributed by atoms with E-state index < -0.39 is 0 Å². The van der Waals surface area contributed by atoms with Gasteiger partial charge in [-0.3, -0.25) is 4.79 Å². The third kappa shape index (κ3) is 3.96. The van der Waals surface area contributed by atoms with E-state index in [0.717, 1.165) is 13.7 Å². The summed E-state index contributed by atoms with van der Waals surface area (Å²) in [6.45, 7) is 0.528. The summed E-state index contributed by atoms with van der Waals surface area (Å²) in [5.41, 5.74) is 0.560. The second-order valence-corrected chi connectivity index (χ2v) is 7.18. The van der Waals surface area contributed by atoms with E-state index in [1.807, 2.05) is 12.1 Å². The standard InChI is InChI=1S/C13H10BrCl2NOS/c1-17(7-11-2-3-12(16)19-11)13(18)8-4-9(14)6-10(15)5-8/h2-6H,7H2,1H3. The molecule has 0 N–H and O–H groups in total. The van der Waals surface area contributed by atoms with Gasteiger partial charge in [0.05, 0.1) is 10.9 Å². The molecule has 2 rings (SSSR count). The lowest BCUT2D eigenvalue weighted by Crippen LogP contribution is -2.25. The number of thiophene rings is 1. The van der Waals surface area contributed by atoms with Gasteiger partial charge in [0.2, 0.25) is 0 Å². The fourth-order valence-corrected chi connectivity index (χ4v) is 3.64. The summed E-state index contributed by atoms with van der Waals surface area (Å²) in [5.74, 6) is -0.0762. The Bertz CT molecular complexity index is 594. The molecule has 1 aromatic carbocycles. The van der Waals surface area contributed by atoms with Crippen LogP contribution in [0, 0.1) is 0 Å². The largest absolute Gasteiger partial charge is 0.337 e. The minimum absolute atomic E-state index is 0.0762. The molecule has 0 aliphatic rings. The average Bonchev–Trinajstić information content (AvgIpc) is 2.72. The molecule has 1 aromatic heterocycles. The zero-order valence-electron chi connectivity index (χ0n) is 9.99. The number of carbonyl (C=O) groups is 1. The van der Waals surface area contributed by atoms with Gasteiger partial charge >= 0.3 is 0 Å². The van der Waals surface area contributed by atoms with Gasteiger partial charge < -0.3 is 4.90 Å². The number of carbonyl (C=O) groups excluding carboxylic acids is 1. The van der Waals surface area contributed by atoms with Crippen LogP contribution in [-0.4, -0.2) is 17.9 Å². The molecule has 0 bridgehead atoms. The van der Waals surface area contributed by atoms with Crippen LogP contribution in [0.3, 0.4) is 0 Å². The van der Waals surface area contributed by atoms with Crippen LogP contribution in [0.15, 0.2) is 34.8 Å². The van der Waals surface area contributed by atoms with Gasteiger partial charge in [0.25, 0.3) is 5.91 Å². The monoisotopic (exact) mass is 377 g/mol. The molecule has 0 saturated carbocycles. The van der Waals surface area contributed by atoms with Gasteiger partial charge in [-0.05, 0) is 30.3 Å². The molecule has 2 nitrogen and oxygen atoms in total. The van der Waals surface area contributed by atoms with Crippen LogP contribution in [0.2, 0.25) is 9.36 Å². The average molecular weight is 379 g/mol. The van der Waals surface area contributed by atoms with Crippen LogP contribution in [0.25, 0.3) is 0 Å². The van der Waals surface area contributed by atoms with Crippen LogP contribution < -0.4 is 0 Å². The Kier molecular flexibility index (Phi) is 4.90. The van der Waals surface area contributed by atoms with Crippen LogP contribution >= 0.6 is 50.5 Å². The fourth-order valence-electron chi connectivity index (χ4n) is 1.64. The van der Waals surface area contributed by atoms with Crippen LogP contribution in [0.1, 0.15) is 15.2 Å². The fraction of sp³-hybridized carbons (Fsp3) is 0.154. The van der Waals surface area contributed by atoms with Crippen molar-refractivity contribution >= 4 is 56.4 Å². The summed E-state index contributed by atoms with van der Waals surface area (Å²) in [6.07, 6.45) is 0. The molecular formula is C13H10BrCl2NOS. The Labute approximate surface area is 134 Å². The van der Waals surface area contributed by atoms with Crippen LogP contribution in [-0.2, 0) is 6.54 Å². The van der Waals surface area contributed by atoms with Crippen LogP contribution in [0.5, 0.6) is 0 Å². The molecule has 0 aliphatic heterocycles. The zero-order chi connectivity index (χ0) is 14.0. The lowest BCUT2D eigenvalue weighted by Gasteiger charge is -2.16. The first-order valence-electron chi connectivity index (χ1n) is 5.41. The van der Waals surface area contributed by atoms with Crippen LogP contribution in [0.4, 0.5) is 0 Å². The summed E-state index contributed by atoms with van der Waals surface area (Å²) < 4.78 is 1.51. The quantitative estimate of drug-likeness (QED) is 0.728. The van der Waals surface area contributed by atoms with Gasteiger partial charge in [-0.1, -0.05) is 39.1 Å². The highest BCUT2D eigenvalue weighted by Crippen LogP contribution is 2.24. The molecule has 0 aliphatic carbocycles. The maximum atomic E-state index is 12.3. The number of hydrogen-bond donors (Lipinski definition) is 0. The number of benzene rings is 1. The van der Waals surface area contributed by atoms with E-state index in [1.54, 1.807) is 30.1 Å². The highest BCUT2D eigenvalue weighted by atomic mass is 79.9. The highest BCUT2D eigenvalue weighted by molar-refractivity contribution is 9.10. The minimum Gasteiger partial charge on any atom is -0.337 e. The van der Waals surface area contributed by atoms with Gasteiger partial charge in [0.15, 0.2) is 0 Å². The van der Waals surface area contributed by atoms with Crippen molar-refractivity contribution in [2.75, 3.05) is 7.05 Å². The lowest BCUT2D eigenvalue weighted by molar-refractivity contribution is 0.0786. The second-order valence-electron chi connectivity index (χ2n) is 4.03. The number of rotatable bonds is 3. The SMILES string of the molecule is CN(Cc1ccc(Cl)s1)C(=O)c1cc(Cl)cc(Br)c1. The van der Waals surface area contributed by atoms with Gasteiger partial charge in [-0.2, -0.15) is 0 Å². The Morgan fingerprint density at radius 1 is 1.32 bits per heavy atom. The Morgan fingerprint density at radius 2 is 2.05 bits per heavy atom. The Hall–Kier alpha value is -0.550. The van der Waals surface area contributed by atoms with E-state index in [1.165, 1.54) is 11.3 Å². The van der Waals surface area contributed by atoms with Crippen molar-refractivity contribution in [3.63, 3.8) is 0 Å². The number of halogens is 3. The topological polar surface area (TPSA) is 20.3 Å². The van der Waals surface area contributed by atoms with Crippen molar-refractivity contribution in [1.29, 1.82) is 0 Å². The molecule has 19 heavy (non-hydrogen) atoms. The Balaban J connectivity index is 2.14.